The summed E-state index contributed by atoms with van der Waals surface area (Å²) in [5, 5.41) is 24.7. The summed E-state index contributed by atoms with van der Waals surface area (Å²) < 4.78 is 36.5. The molecule has 6 aliphatic heterocycles. The number of pyridine rings is 1. The summed E-state index contributed by atoms with van der Waals surface area (Å²) in [5.74, 6) is 0.306. The van der Waals surface area contributed by atoms with Crippen LogP contribution >= 0.6 is 11.6 Å². The minimum Gasteiger partial charge on any atom is -0.506 e. The predicted octanol–water partition coefficient (Wildman–Crippen LogP) is 5.58. The normalized spacial score (nSPS) is 25.2. The molecular formula is C44H46ClF2N9O5. The van der Waals surface area contributed by atoms with Gasteiger partial charge in [0, 0.05) is 87.5 Å². The topological polar surface area (TPSA) is 156 Å². The molecule has 3 saturated heterocycles. The van der Waals surface area contributed by atoms with E-state index >= 15 is 8.78 Å². The molecule has 3 amide bonds. The molecule has 10 rings (SSSR count). The van der Waals surface area contributed by atoms with Crippen LogP contribution in [-0.4, -0.2) is 111 Å². The molecule has 0 saturated carbocycles. The number of anilines is 3. The van der Waals surface area contributed by atoms with Crippen molar-refractivity contribution in [1.82, 2.24) is 30.3 Å². The maximum Gasteiger partial charge on any atom is 0.263 e. The number of amides is 3. The fraction of sp³-hybridized carbons (Fsp3) is 0.455. The Hall–Kier alpha value is -5.61. The summed E-state index contributed by atoms with van der Waals surface area (Å²) in [6, 6.07) is 16.0. The zero-order chi connectivity index (χ0) is 42.2. The highest BCUT2D eigenvalue weighted by molar-refractivity contribution is 6.32. The SMILES string of the molecule is C[C@@H]1c2ccc(O[C@H]3CN4c5cc(-c6cccc(Cl)c6O)nnc5NC[C@@]4(C(F)F)C3)nc2CCN1CC1CCN(c2ccc3c(c2)C(=O)N([C@H]2CCC(=O)NC2=O)C3)CC1. The lowest BCUT2D eigenvalue weighted by molar-refractivity contribution is -0.136. The van der Waals surface area contributed by atoms with E-state index in [0.717, 1.165) is 67.9 Å². The van der Waals surface area contributed by atoms with Crippen LogP contribution in [0.1, 0.15) is 72.2 Å². The third-order valence-electron chi connectivity index (χ3n) is 13.7. The first-order chi connectivity index (χ1) is 29.5. The molecule has 61 heavy (non-hydrogen) atoms. The second-order valence-electron chi connectivity index (χ2n) is 17.2. The van der Waals surface area contributed by atoms with Crippen LogP contribution in [0, 0.1) is 5.92 Å². The van der Waals surface area contributed by atoms with Gasteiger partial charge in [0.2, 0.25) is 17.7 Å². The van der Waals surface area contributed by atoms with Crippen molar-refractivity contribution in [2.45, 2.75) is 82.1 Å². The Kier molecular flexibility index (Phi) is 9.97. The molecule has 4 aromatic rings. The van der Waals surface area contributed by atoms with Gasteiger partial charge in [-0.05, 0) is 73.6 Å². The minimum absolute atomic E-state index is 0.0277. The van der Waals surface area contributed by atoms with E-state index in [9.17, 15) is 19.5 Å². The number of nitrogens with zero attached hydrogens (tertiary/aromatic N) is 7. The number of hydrogen-bond acceptors (Lipinski definition) is 12. The average molecular weight is 854 g/mol. The Morgan fingerprint density at radius 2 is 1.84 bits per heavy atom. The third kappa shape index (κ3) is 6.97. The zero-order valence-electron chi connectivity index (χ0n) is 33.6. The molecule has 0 spiro atoms. The van der Waals surface area contributed by atoms with Crippen molar-refractivity contribution >= 4 is 46.5 Å². The number of ether oxygens (including phenoxy) is 1. The Morgan fingerprint density at radius 3 is 2.64 bits per heavy atom. The lowest BCUT2D eigenvalue weighted by Crippen LogP contribution is -2.57. The minimum atomic E-state index is -2.68. The maximum atomic E-state index is 15.0. The fourth-order valence-corrected chi connectivity index (χ4v) is 10.4. The summed E-state index contributed by atoms with van der Waals surface area (Å²) in [6.45, 7) is 6.31. The predicted molar refractivity (Wildman–Crippen MR) is 223 cm³/mol. The number of rotatable bonds is 8. The fourth-order valence-electron chi connectivity index (χ4n) is 10.3. The summed E-state index contributed by atoms with van der Waals surface area (Å²) >= 11 is 6.15. The molecule has 0 bridgehead atoms. The highest BCUT2D eigenvalue weighted by Crippen LogP contribution is 2.47. The van der Waals surface area contributed by atoms with Gasteiger partial charge >= 0.3 is 0 Å². The van der Waals surface area contributed by atoms with Gasteiger partial charge in [0.1, 0.15) is 23.4 Å². The first kappa shape index (κ1) is 39.5. The lowest BCUT2D eigenvalue weighted by atomic mass is 9.92. The highest BCUT2D eigenvalue weighted by Gasteiger charge is 2.56. The molecule has 6 aliphatic rings. The molecule has 3 N–H and O–H groups in total. The maximum absolute atomic E-state index is 15.0. The molecule has 2 aromatic carbocycles. The van der Waals surface area contributed by atoms with Crippen LogP contribution in [0.3, 0.4) is 0 Å². The number of hydrogen-bond donors (Lipinski definition) is 3. The van der Waals surface area contributed by atoms with Gasteiger partial charge in [-0.2, -0.15) is 0 Å². The van der Waals surface area contributed by atoms with Crippen molar-refractivity contribution in [3.8, 4) is 22.9 Å². The van der Waals surface area contributed by atoms with Crippen LogP contribution in [0.15, 0.2) is 54.6 Å². The van der Waals surface area contributed by atoms with E-state index in [1.54, 1.807) is 34.1 Å². The van der Waals surface area contributed by atoms with Gasteiger partial charge in [-0.1, -0.05) is 29.8 Å². The van der Waals surface area contributed by atoms with Crippen molar-refractivity contribution in [2.75, 3.05) is 54.4 Å². The van der Waals surface area contributed by atoms with E-state index < -0.39 is 30.0 Å². The number of nitrogens with one attached hydrogen (secondary N) is 2. The van der Waals surface area contributed by atoms with Crippen LogP contribution in [-0.2, 0) is 22.6 Å². The summed E-state index contributed by atoms with van der Waals surface area (Å²) in [7, 11) is 0. The van der Waals surface area contributed by atoms with Crippen LogP contribution in [0.4, 0.5) is 26.0 Å². The second kappa shape index (κ2) is 15.4. The number of para-hydroxylation sites is 1. The number of alkyl halides is 2. The van der Waals surface area contributed by atoms with Crippen molar-refractivity contribution in [1.29, 1.82) is 0 Å². The Morgan fingerprint density at radius 1 is 1.00 bits per heavy atom. The monoisotopic (exact) mass is 853 g/mol. The molecule has 17 heteroatoms. The molecule has 2 aromatic heterocycles. The number of fused-ring (bicyclic) bond motifs is 5. The molecular weight excluding hydrogens is 808 g/mol. The average Bonchev–Trinajstić information content (AvgIpc) is 3.80. The van der Waals surface area contributed by atoms with Gasteiger partial charge in [-0.15, -0.1) is 10.2 Å². The van der Waals surface area contributed by atoms with Crippen molar-refractivity contribution in [2.24, 2.45) is 5.92 Å². The second-order valence-corrected chi connectivity index (χ2v) is 17.6. The quantitative estimate of drug-likeness (QED) is 0.190. The number of aromatic hydroxyl groups is 1. The van der Waals surface area contributed by atoms with E-state index in [1.165, 1.54) is 0 Å². The molecule has 8 heterocycles. The number of benzene rings is 2. The lowest BCUT2D eigenvalue weighted by Gasteiger charge is -2.43. The van der Waals surface area contributed by atoms with Crippen LogP contribution in [0.25, 0.3) is 11.3 Å². The standard InChI is InChI=1S/C44H46ClF2N9O5/c1-24-29-7-10-38(61-28-19-44(43(46)47)23-48-40-36(56(44)22-28)18-34(51-52-40)30-3-2-4-32(45)39(30)58)49-33(29)13-16-54(24)20-25-11-14-53(15-12-25)27-6-5-26-21-55(42(60)31(26)17-27)35-8-9-37(57)50-41(35)59/h2-7,10,17-18,24-25,28,35,43,58H,8-9,11-16,19-23H2,1H3,(H,48,52)(H,50,57,59)/t24-,28-,35+,44-/m1/s1. The molecule has 318 valence electrons. The van der Waals surface area contributed by atoms with E-state index in [2.05, 4.69) is 49.7 Å². The Bertz CT molecular complexity index is 2430. The number of phenols is 1. The van der Waals surface area contributed by atoms with E-state index in [0.29, 0.717) is 53.1 Å². The van der Waals surface area contributed by atoms with Crippen molar-refractivity contribution < 1.29 is 33.0 Å². The van der Waals surface area contributed by atoms with Gasteiger partial charge in [0.25, 0.3) is 12.3 Å². The Balaban J connectivity index is 0.761. The van der Waals surface area contributed by atoms with Gasteiger partial charge in [-0.25, -0.2) is 13.8 Å². The molecule has 4 atom stereocenters. The van der Waals surface area contributed by atoms with Crippen molar-refractivity contribution in [3.05, 3.63) is 82.0 Å². The van der Waals surface area contributed by atoms with Gasteiger partial charge in [-0.3, -0.25) is 24.6 Å². The largest absolute Gasteiger partial charge is 0.506 e. The summed E-state index contributed by atoms with van der Waals surface area (Å²) in [5.41, 5.74) is 4.26. The zero-order valence-corrected chi connectivity index (χ0v) is 34.4. The summed E-state index contributed by atoms with van der Waals surface area (Å²) in [6.07, 6.45) is 0.199. The number of phenolic OH excluding ortho intramolecular Hbond substituents is 1. The van der Waals surface area contributed by atoms with Crippen molar-refractivity contribution in [3.63, 3.8) is 0 Å². The number of carbonyl (C=O) groups is 3. The smallest absolute Gasteiger partial charge is 0.263 e. The molecule has 0 aliphatic carbocycles. The first-order valence-corrected chi connectivity index (χ1v) is 21.4. The van der Waals surface area contributed by atoms with E-state index in [1.807, 2.05) is 18.2 Å². The number of carbonyl (C=O) groups excluding carboxylic acids is 3. The number of halogens is 3. The Labute approximate surface area is 356 Å². The van der Waals surface area contributed by atoms with E-state index in [4.69, 9.17) is 21.3 Å². The molecule has 0 unspecified atom stereocenters. The van der Waals surface area contributed by atoms with Crippen LogP contribution < -0.4 is 25.2 Å². The number of piperidine rings is 2. The van der Waals surface area contributed by atoms with Crippen LogP contribution in [0.5, 0.6) is 11.6 Å². The van der Waals surface area contributed by atoms with Gasteiger partial charge < -0.3 is 29.9 Å². The van der Waals surface area contributed by atoms with Crippen LogP contribution in [0.2, 0.25) is 5.02 Å². The number of aromatic nitrogens is 3. The summed E-state index contributed by atoms with van der Waals surface area (Å²) in [4.78, 5) is 50.6. The molecule has 14 nitrogen and oxygen atoms in total. The molecule has 0 radical (unpaired) electrons. The van der Waals surface area contributed by atoms with Gasteiger partial charge in [0.15, 0.2) is 5.82 Å². The molecule has 3 fully saturated rings. The van der Waals surface area contributed by atoms with E-state index in [-0.39, 0.29) is 54.6 Å². The highest BCUT2D eigenvalue weighted by atomic mass is 35.5. The number of imide groups is 1. The van der Waals surface area contributed by atoms with Gasteiger partial charge in [0.05, 0.1) is 28.6 Å². The third-order valence-corrected chi connectivity index (χ3v) is 14.0. The first-order valence-electron chi connectivity index (χ1n) is 21.0.